The maximum Gasteiger partial charge on any atom is 0.325 e. The average molecular weight is 443 g/mol. The van der Waals surface area contributed by atoms with Gasteiger partial charge >= 0.3 is 6.03 Å². The minimum absolute atomic E-state index is 0.0388. The van der Waals surface area contributed by atoms with Crippen LogP contribution in [0.1, 0.15) is 61.1 Å². The lowest BCUT2D eigenvalue weighted by atomic mass is 9.84. The van der Waals surface area contributed by atoms with Crippen molar-refractivity contribution in [2.45, 2.75) is 52.5 Å². The SMILES string of the molecule is CC(=O)c1sc(NC(=O)CN2C(=O)NC(C)(c3ccc(C(C)(C)C)cc3)C2=O)nc1C. The number of amides is 4. The van der Waals surface area contributed by atoms with Crippen molar-refractivity contribution < 1.29 is 19.2 Å². The van der Waals surface area contributed by atoms with Crippen molar-refractivity contribution in [3.05, 3.63) is 46.0 Å². The molecule has 1 unspecified atom stereocenters. The average Bonchev–Trinajstić information content (AvgIpc) is 3.14. The van der Waals surface area contributed by atoms with Gasteiger partial charge in [-0.3, -0.25) is 19.3 Å². The van der Waals surface area contributed by atoms with E-state index < -0.39 is 29.9 Å². The Morgan fingerprint density at radius 3 is 2.32 bits per heavy atom. The molecule has 2 heterocycles. The lowest BCUT2D eigenvalue weighted by Gasteiger charge is -2.24. The van der Waals surface area contributed by atoms with Crippen LogP contribution in [0.5, 0.6) is 0 Å². The minimum atomic E-state index is -1.26. The predicted octanol–water partition coefficient (Wildman–Crippen LogP) is 3.36. The van der Waals surface area contributed by atoms with Gasteiger partial charge in [0.2, 0.25) is 5.91 Å². The molecule has 2 aromatic rings. The van der Waals surface area contributed by atoms with Gasteiger partial charge in [-0.2, -0.15) is 0 Å². The molecule has 0 aliphatic carbocycles. The number of urea groups is 1. The van der Waals surface area contributed by atoms with Crippen LogP contribution in [0.15, 0.2) is 24.3 Å². The third-order valence-corrected chi connectivity index (χ3v) is 6.44. The second-order valence-electron chi connectivity index (χ2n) is 8.81. The van der Waals surface area contributed by atoms with Gasteiger partial charge in [0.05, 0.1) is 10.6 Å². The smallest absolute Gasteiger partial charge is 0.319 e. The van der Waals surface area contributed by atoms with Gasteiger partial charge < -0.3 is 10.6 Å². The van der Waals surface area contributed by atoms with Crippen molar-refractivity contribution in [2.24, 2.45) is 0 Å². The minimum Gasteiger partial charge on any atom is -0.319 e. The first-order valence-electron chi connectivity index (χ1n) is 9.86. The number of imide groups is 1. The highest BCUT2D eigenvalue weighted by Crippen LogP contribution is 2.31. The standard InChI is InChI=1S/C22H26N4O4S/c1-12-17(13(2)27)31-19(23-12)24-16(28)11-26-18(29)22(6,25-20(26)30)15-9-7-14(8-10-15)21(3,4)5/h7-10H,11H2,1-6H3,(H,25,30)(H,23,24,28). The van der Waals surface area contributed by atoms with E-state index in [1.54, 1.807) is 13.8 Å². The topological polar surface area (TPSA) is 108 Å². The van der Waals surface area contributed by atoms with Gasteiger partial charge in [-0.05, 0) is 30.4 Å². The number of benzene rings is 1. The van der Waals surface area contributed by atoms with Crippen LogP contribution in [0.4, 0.5) is 9.93 Å². The molecule has 4 amide bonds. The molecule has 3 rings (SSSR count). The third kappa shape index (κ3) is 4.36. The van der Waals surface area contributed by atoms with Crippen molar-refractivity contribution in [2.75, 3.05) is 11.9 Å². The summed E-state index contributed by atoms with van der Waals surface area (Å²) in [4.78, 5) is 55.1. The number of anilines is 1. The van der Waals surface area contributed by atoms with Crippen molar-refractivity contribution in [1.82, 2.24) is 15.2 Å². The van der Waals surface area contributed by atoms with Crippen molar-refractivity contribution in [3.63, 3.8) is 0 Å². The highest BCUT2D eigenvalue weighted by atomic mass is 32.1. The summed E-state index contributed by atoms with van der Waals surface area (Å²) < 4.78 is 0. The van der Waals surface area contributed by atoms with Crippen LogP contribution in [0.25, 0.3) is 0 Å². The molecule has 1 aromatic carbocycles. The van der Waals surface area contributed by atoms with E-state index in [1.807, 2.05) is 24.3 Å². The molecule has 1 aromatic heterocycles. The Morgan fingerprint density at radius 2 is 1.81 bits per heavy atom. The van der Waals surface area contributed by atoms with Gasteiger partial charge in [0, 0.05) is 6.92 Å². The number of Topliss-reactive ketones (excluding diaryl/α,β-unsaturated/α-hetero) is 1. The Bertz CT molecular complexity index is 1070. The number of aryl methyl sites for hydroxylation is 1. The van der Waals surface area contributed by atoms with Crippen LogP contribution in [0.3, 0.4) is 0 Å². The van der Waals surface area contributed by atoms with Gasteiger partial charge in [-0.15, -0.1) is 0 Å². The Kier molecular flexibility index (Phi) is 5.75. The van der Waals surface area contributed by atoms with Crippen molar-refractivity contribution in [1.29, 1.82) is 0 Å². The van der Waals surface area contributed by atoms with Crippen LogP contribution in [-0.2, 0) is 20.5 Å². The van der Waals surface area contributed by atoms with Gasteiger partial charge in [0.25, 0.3) is 5.91 Å². The molecular weight excluding hydrogens is 416 g/mol. The Morgan fingerprint density at radius 1 is 1.19 bits per heavy atom. The van der Waals surface area contributed by atoms with Gasteiger partial charge in [-0.1, -0.05) is 56.4 Å². The number of hydrogen-bond acceptors (Lipinski definition) is 6. The van der Waals surface area contributed by atoms with Crippen LogP contribution in [0, 0.1) is 6.92 Å². The first-order valence-corrected chi connectivity index (χ1v) is 10.7. The highest BCUT2D eigenvalue weighted by molar-refractivity contribution is 7.17. The van der Waals surface area contributed by atoms with Crippen molar-refractivity contribution in [3.8, 4) is 0 Å². The predicted molar refractivity (Wildman–Crippen MR) is 118 cm³/mol. The number of nitrogens with one attached hydrogen (secondary N) is 2. The summed E-state index contributed by atoms with van der Waals surface area (Å²) in [6, 6.07) is 6.88. The van der Waals surface area contributed by atoms with E-state index in [0.29, 0.717) is 16.1 Å². The molecule has 1 atom stereocenters. The molecule has 0 spiro atoms. The Hall–Kier alpha value is -3.07. The molecule has 1 aliphatic rings. The van der Waals surface area contributed by atoms with Crippen LogP contribution in [0.2, 0.25) is 0 Å². The number of ketones is 1. The fraction of sp³-hybridized carbons (Fsp3) is 0.409. The van der Waals surface area contributed by atoms with Gasteiger partial charge in [0.15, 0.2) is 10.9 Å². The fourth-order valence-electron chi connectivity index (χ4n) is 3.42. The maximum atomic E-state index is 13.1. The molecule has 31 heavy (non-hydrogen) atoms. The summed E-state index contributed by atoms with van der Waals surface area (Å²) >= 11 is 1.06. The lowest BCUT2D eigenvalue weighted by Crippen LogP contribution is -2.42. The molecule has 0 saturated carbocycles. The van der Waals surface area contributed by atoms with E-state index in [2.05, 4.69) is 36.4 Å². The normalized spacial score (nSPS) is 18.8. The van der Waals surface area contributed by atoms with E-state index in [1.165, 1.54) is 6.92 Å². The quantitative estimate of drug-likeness (QED) is 0.545. The van der Waals surface area contributed by atoms with Crippen LogP contribution in [-0.4, -0.2) is 40.1 Å². The monoisotopic (exact) mass is 442 g/mol. The zero-order valence-electron chi connectivity index (χ0n) is 18.5. The molecule has 2 N–H and O–H groups in total. The zero-order valence-corrected chi connectivity index (χ0v) is 19.3. The number of carbonyl (C=O) groups excluding carboxylic acids is 4. The summed E-state index contributed by atoms with van der Waals surface area (Å²) in [6.45, 7) is 10.6. The number of carbonyl (C=O) groups is 4. The number of hydrogen-bond donors (Lipinski definition) is 2. The van der Waals surface area contributed by atoms with E-state index in [9.17, 15) is 19.2 Å². The van der Waals surface area contributed by atoms with E-state index in [0.717, 1.165) is 21.8 Å². The summed E-state index contributed by atoms with van der Waals surface area (Å²) in [5, 5.41) is 5.51. The van der Waals surface area contributed by atoms with Gasteiger partial charge in [0.1, 0.15) is 12.1 Å². The Labute approximate surface area is 185 Å². The molecule has 1 saturated heterocycles. The second kappa shape index (κ2) is 7.88. The molecule has 1 fully saturated rings. The summed E-state index contributed by atoms with van der Waals surface area (Å²) in [5.74, 6) is -1.21. The number of rotatable bonds is 5. The fourth-order valence-corrected chi connectivity index (χ4v) is 4.30. The van der Waals surface area contributed by atoms with Crippen LogP contribution < -0.4 is 10.6 Å². The summed E-state index contributed by atoms with van der Waals surface area (Å²) in [6.07, 6.45) is 0. The maximum absolute atomic E-state index is 13.1. The summed E-state index contributed by atoms with van der Waals surface area (Å²) in [5.41, 5.74) is 0.977. The first kappa shape index (κ1) is 22.6. The van der Waals surface area contributed by atoms with E-state index in [-0.39, 0.29) is 16.3 Å². The third-order valence-electron chi connectivity index (χ3n) is 5.27. The van der Waals surface area contributed by atoms with Crippen molar-refractivity contribution >= 4 is 40.1 Å². The number of thiazole rings is 1. The second-order valence-corrected chi connectivity index (χ2v) is 9.81. The molecular formula is C22H26N4O4S. The van der Waals surface area contributed by atoms with E-state index in [4.69, 9.17) is 0 Å². The van der Waals surface area contributed by atoms with Gasteiger partial charge in [-0.25, -0.2) is 9.78 Å². The molecule has 164 valence electrons. The van der Waals surface area contributed by atoms with Crippen LogP contribution >= 0.6 is 11.3 Å². The molecule has 0 bridgehead atoms. The first-order chi connectivity index (χ1) is 14.3. The zero-order chi connectivity index (χ0) is 23.1. The molecule has 0 radical (unpaired) electrons. The number of aromatic nitrogens is 1. The highest BCUT2D eigenvalue weighted by Gasteiger charge is 2.49. The number of nitrogens with zero attached hydrogens (tertiary/aromatic N) is 2. The summed E-state index contributed by atoms with van der Waals surface area (Å²) in [7, 11) is 0. The molecule has 1 aliphatic heterocycles. The lowest BCUT2D eigenvalue weighted by molar-refractivity contribution is -0.133. The largest absolute Gasteiger partial charge is 0.325 e. The molecule has 8 nitrogen and oxygen atoms in total. The van der Waals surface area contributed by atoms with E-state index >= 15 is 0 Å². The molecule has 9 heteroatoms. The Balaban J connectivity index is 1.74.